The molecule has 0 aliphatic heterocycles. The van der Waals surface area contributed by atoms with Crippen molar-refractivity contribution in [2.24, 2.45) is 0 Å². The Morgan fingerprint density at radius 1 is 1.22 bits per heavy atom. The van der Waals surface area contributed by atoms with E-state index in [9.17, 15) is 9.59 Å². The summed E-state index contributed by atoms with van der Waals surface area (Å²) < 4.78 is 10.7. The van der Waals surface area contributed by atoms with Crippen molar-refractivity contribution < 1.29 is 24.2 Å². The maximum Gasteiger partial charge on any atom is 0.342 e. The van der Waals surface area contributed by atoms with Crippen LogP contribution in [-0.4, -0.2) is 29.8 Å². The topological polar surface area (TPSA) is 72.8 Å². The number of benzene rings is 1. The molecule has 1 aliphatic carbocycles. The van der Waals surface area contributed by atoms with Crippen molar-refractivity contribution in [2.75, 3.05) is 6.79 Å². The molecule has 23 heavy (non-hydrogen) atoms. The summed E-state index contributed by atoms with van der Waals surface area (Å²) in [5.41, 5.74) is 0.310. The molecule has 0 bridgehead atoms. The first kappa shape index (κ1) is 17.2. The number of carbonyl (C=O) groups excluding carboxylic acids is 2. The van der Waals surface area contributed by atoms with Crippen molar-refractivity contribution >= 4 is 11.8 Å². The Morgan fingerprint density at radius 3 is 2.87 bits per heavy atom. The third kappa shape index (κ3) is 5.53. The number of rotatable bonds is 4. The SMILES string of the molecule is O=C1/C=C/CCC(OC(=O)c2ccccc2OCO)CCCC1. The number of ether oxygens (including phenoxy) is 2. The number of hydrogen-bond acceptors (Lipinski definition) is 5. The molecule has 0 radical (unpaired) electrons. The van der Waals surface area contributed by atoms with E-state index in [1.165, 1.54) is 0 Å². The second-order valence-corrected chi connectivity index (χ2v) is 5.49. The Kier molecular flexibility index (Phi) is 6.81. The second kappa shape index (κ2) is 9.10. The lowest BCUT2D eigenvalue weighted by Crippen LogP contribution is -2.19. The minimum absolute atomic E-state index is 0.163. The van der Waals surface area contributed by atoms with Crippen LogP contribution in [0.25, 0.3) is 0 Å². The molecule has 0 fully saturated rings. The summed E-state index contributed by atoms with van der Waals surface area (Å²) in [6.07, 6.45) is 7.64. The Balaban J connectivity index is 2.00. The number of aliphatic hydroxyl groups is 1. The fraction of sp³-hybridized carbons (Fsp3) is 0.444. The molecule has 2 rings (SSSR count). The summed E-state index contributed by atoms with van der Waals surface area (Å²) in [5, 5.41) is 8.89. The van der Waals surface area contributed by atoms with E-state index in [1.807, 2.05) is 6.08 Å². The van der Waals surface area contributed by atoms with Gasteiger partial charge in [-0.1, -0.05) is 18.2 Å². The van der Waals surface area contributed by atoms with Crippen molar-refractivity contribution in [2.45, 2.75) is 44.6 Å². The molecular formula is C18H22O5. The van der Waals surface area contributed by atoms with Gasteiger partial charge in [-0.05, 0) is 50.3 Å². The van der Waals surface area contributed by atoms with Crippen LogP contribution in [0.5, 0.6) is 5.75 Å². The highest BCUT2D eigenvalue weighted by molar-refractivity contribution is 5.92. The summed E-state index contributed by atoms with van der Waals surface area (Å²) in [7, 11) is 0. The molecule has 0 aromatic heterocycles. The molecule has 1 aliphatic rings. The van der Waals surface area contributed by atoms with Gasteiger partial charge >= 0.3 is 5.97 Å². The molecular weight excluding hydrogens is 296 g/mol. The number of ketones is 1. The van der Waals surface area contributed by atoms with Crippen LogP contribution in [0.2, 0.25) is 0 Å². The van der Waals surface area contributed by atoms with E-state index in [-0.39, 0.29) is 11.9 Å². The molecule has 1 N–H and O–H groups in total. The lowest BCUT2D eigenvalue weighted by Gasteiger charge is -2.19. The summed E-state index contributed by atoms with van der Waals surface area (Å²) in [6, 6.07) is 6.69. The van der Waals surface area contributed by atoms with Crippen LogP contribution in [0.15, 0.2) is 36.4 Å². The smallest absolute Gasteiger partial charge is 0.342 e. The quantitative estimate of drug-likeness (QED) is 0.682. The number of allylic oxidation sites excluding steroid dienone is 2. The lowest BCUT2D eigenvalue weighted by atomic mass is 10.0. The van der Waals surface area contributed by atoms with Crippen LogP contribution in [0.3, 0.4) is 0 Å². The molecule has 1 atom stereocenters. The summed E-state index contributed by atoms with van der Waals surface area (Å²) in [5.74, 6) is 0.0250. The van der Waals surface area contributed by atoms with Crippen LogP contribution >= 0.6 is 0 Å². The zero-order chi connectivity index (χ0) is 16.5. The maximum absolute atomic E-state index is 12.4. The number of hydrogen-bond donors (Lipinski definition) is 1. The van der Waals surface area contributed by atoms with E-state index >= 15 is 0 Å². The third-order valence-electron chi connectivity index (χ3n) is 3.76. The van der Waals surface area contributed by atoms with Crippen molar-refractivity contribution in [1.82, 2.24) is 0 Å². The van der Waals surface area contributed by atoms with E-state index in [4.69, 9.17) is 14.6 Å². The van der Waals surface area contributed by atoms with Crippen molar-refractivity contribution in [3.05, 3.63) is 42.0 Å². The van der Waals surface area contributed by atoms with Crippen LogP contribution in [-0.2, 0) is 9.53 Å². The standard InChI is InChI=1S/C18H22O5/c19-13-22-17-12-6-5-11-16(17)18(21)23-15-9-3-1-7-14(20)8-2-4-10-15/h1,5-7,11-12,15,19H,2-4,8-10,13H2/b7-1+. The second-order valence-electron chi connectivity index (χ2n) is 5.49. The molecule has 1 aromatic carbocycles. The van der Waals surface area contributed by atoms with Gasteiger partial charge in [-0.2, -0.15) is 0 Å². The molecule has 0 amide bonds. The Labute approximate surface area is 135 Å². The monoisotopic (exact) mass is 318 g/mol. The minimum atomic E-state index is -0.494. The van der Waals surface area contributed by atoms with Crippen LogP contribution < -0.4 is 4.74 Å². The highest BCUT2D eigenvalue weighted by Gasteiger charge is 2.19. The van der Waals surface area contributed by atoms with Gasteiger partial charge in [-0.15, -0.1) is 0 Å². The summed E-state index contributed by atoms with van der Waals surface area (Å²) in [6.45, 7) is -0.494. The number of para-hydroxylation sites is 1. The number of carbonyl (C=O) groups is 2. The van der Waals surface area contributed by atoms with Gasteiger partial charge in [0.1, 0.15) is 17.4 Å². The molecule has 0 saturated heterocycles. The van der Waals surface area contributed by atoms with Gasteiger partial charge in [0.25, 0.3) is 0 Å². The van der Waals surface area contributed by atoms with Gasteiger partial charge in [0.2, 0.25) is 0 Å². The molecule has 124 valence electrons. The van der Waals surface area contributed by atoms with Crippen LogP contribution in [0, 0.1) is 0 Å². The Hall–Kier alpha value is -2.14. The van der Waals surface area contributed by atoms with Crippen LogP contribution in [0.1, 0.15) is 48.9 Å². The lowest BCUT2D eigenvalue weighted by molar-refractivity contribution is -0.114. The van der Waals surface area contributed by atoms with Crippen LogP contribution in [0.4, 0.5) is 0 Å². The Bertz CT molecular complexity index is 564. The molecule has 0 heterocycles. The van der Waals surface area contributed by atoms with E-state index in [2.05, 4.69) is 0 Å². The Morgan fingerprint density at radius 2 is 2.04 bits per heavy atom. The van der Waals surface area contributed by atoms with E-state index in [0.29, 0.717) is 30.6 Å². The highest BCUT2D eigenvalue weighted by Crippen LogP contribution is 2.22. The molecule has 5 heteroatoms. The average Bonchev–Trinajstić information content (AvgIpc) is 2.56. The average molecular weight is 318 g/mol. The van der Waals surface area contributed by atoms with Crippen molar-refractivity contribution in [3.8, 4) is 5.75 Å². The molecule has 1 aromatic rings. The fourth-order valence-electron chi connectivity index (χ4n) is 2.56. The predicted molar refractivity (Wildman–Crippen MR) is 85.2 cm³/mol. The molecule has 0 saturated carbocycles. The highest BCUT2D eigenvalue weighted by atomic mass is 16.6. The van der Waals surface area contributed by atoms with E-state index in [0.717, 1.165) is 19.3 Å². The molecule has 5 nitrogen and oxygen atoms in total. The van der Waals surface area contributed by atoms with Crippen molar-refractivity contribution in [1.29, 1.82) is 0 Å². The maximum atomic E-state index is 12.4. The van der Waals surface area contributed by atoms with Gasteiger partial charge < -0.3 is 14.6 Å². The predicted octanol–water partition coefficient (Wildman–Crippen LogP) is 3.02. The number of esters is 1. The first-order valence-corrected chi connectivity index (χ1v) is 7.93. The van der Waals surface area contributed by atoms with Gasteiger partial charge in [0.05, 0.1) is 0 Å². The van der Waals surface area contributed by atoms with Gasteiger partial charge in [0.15, 0.2) is 12.6 Å². The third-order valence-corrected chi connectivity index (χ3v) is 3.76. The summed E-state index contributed by atoms with van der Waals surface area (Å²) >= 11 is 0. The fourth-order valence-corrected chi connectivity index (χ4v) is 2.56. The zero-order valence-electron chi connectivity index (χ0n) is 13.1. The van der Waals surface area contributed by atoms with Gasteiger partial charge in [0, 0.05) is 6.42 Å². The number of aliphatic hydroxyl groups excluding tert-OH is 1. The molecule has 0 spiro atoms. The molecule has 1 unspecified atom stereocenters. The van der Waals surface area contributed by atoms with Gasteiger partial charge in [-0.25, -0.2) is 4.79 Å². The first-order valence-electron chi connectivity index (χ1n) is 7.93. The van der Waals surface area contributed by atoms with E-state index < -0.39 is 12.8 Å². The zero-order valence-corrected chi connectivity index (χ0v) is 13.1. The van der Waals surface area contributed by atoms with E-state index in [1.54, 1.807) is 30.3 Å². The largest absolute Gasteiger partial charge is 0.467 e. The van der Waals surface area contributed by atoms with Gasteiger partial charge in [-0.3, -0.25) is 4.79 Å². The van der Waals surface area contributed by atoms with Crippen molar-refractivity contribution in [3.63, 3.8) is 0 Å². The minimum Gasteiger partial charge on any atom is -0.467 e. The normalized spacial score (nSPS) is 20.6. The summed E-state index contributed by atoms with van der Waals surface area (Å²) in [4.78, 5) is 23.8. The first-order chi connectivity index (χ1) is 11.2.